The zero-order chi connectivity index (χ0) is 17.7. The SMILES string of the molecule is Cc1ccc(C(C)Nc2cccc(C(=O)NCCO)c2C)cc1C. The first-order valence-corrected chi connectivity index (χ1v) is 8.26. The van der Waals surface area contributed by atoms with Crippen LogP contribution >= 0.6 is 0 Å². The maximum absolute atomic E-state index is 12.2. The highest BCUT2D eigenvalue weighted by Crippen LogP contribution is 2.25. The van der Waals surface area contributed by atoms with Crippen molar-refractivity contribution in [3.05, 3.63) is 64.2 Å². The van der Waals surface area contributed by atoms with Crippen molar-refractivity contribution in [3.8, 4) is 0 Å². The molecule has 0 fully saturated rings. The topological polar surface area (TPSA) is 61.4 Å². The van der Waals surface area contributed by atoms with Crippen LogP contribution in [0.5, 0.6) is 0 Å². The van der Waals surface area contributed by atoms with E-state index in [0.29, 0.717) is 5.56 Å². The third-order valence-corrected chi connectivity index (χ3v) is 4.38. The number of aliphatic hydroxyl groups is 1. The molecule has 1 atom stereocenters. The van der Waals surface area contributed by atoms with Crippen molar-refractivity contribution in [1.29, 1.82) is 0 Å². The number of aliphatic hydroxyl groups excluding tert-OH is 1. The van der Waals surface area contributed by atoms with Gasteiger partial charge in [-0.2, -0.15) is 0 Å². The molecule has 0 bridgehead atoms. The average Bonchev–Trinajstić information content (AvgIpc) is 2.57. The molecule has 4 nitrogen and oxygen atoms in total. The number of nitrogens with one attached hydrogen (secondary N) is 2. The minimum absolute atomic E-state index is 0.0630. The summed E-state index contributed by atoms with van der Waals surface area (Å²) in [5.74, 6) is -0.163. The summed E-state index contributed by atoms with van der Waals surface area (Å²) in [6.45, 7) is 8.46. The summed E-state index contributed by atoms with van der Waals surface area (Å²) in [6, 6.07) is 12.3. The Balaban J connectivity index is 2.20. The summed E-state index contributed by atoms with van der Waals surface area (Å²) in [7, 11) is 0. The fraction of sp³-hybridized carbons (Fsp3) is 0.350. The Labute approximate surface area is 143 Å². The second-order valence-corrected chi connectivity index (χ2v) is 6.17. The smallest absolute Gasteiger partial charge is 0.251 e. The first-order chi connectivity index (χ1) is 11.4. The van der Waals surface area contributed by atoms with Crippen molar-refractivity contribution in [3.63, 3.8) is 0 Å². The Kier molecular flexibility index (Phi) is 5.99. The van der Waals surface area contributed by atoms with E-state index in [1.165, 1.54) is 16.7 Å². The molecule has 0 aliphatic heterocycles. The maximum Gasteiger partial charge on any atom is 0.251 e. The molecule has 128 valence electrons. The number of rotatable bonds is 6. The van der Waals surface area contributed by atoms with Gasteiger partial charge < -0.3 is 15.7 Å². The van der Waals surface area contributed by atoms with E-state index in [-0.39, 0.29) is 25.1 Å². The fourth-order valence-corrected chi connectivity index (χ4v) is 2.65. The van der Waals surface area contributed by atoms with Crippen molar-refractivity contribution in [2.75, 3.05) is 18.5 Å². The molecule has 1 amide bonds. The van der Waals surface area contributed by atoms with Crippen LogP contribution in [0.2, 0.25) is 0 Å². The van der Waals surface area contributed by atoms with Gasteiger partial charge in [0.05, 0.1) is 6.61 Å². The van der Waals surface area contributed by atoms with E-state index in [2.05, 4.69) is 49.6 Å². The molecule has 0 heterocycles. The molecule has 2 rings (SSSR count). The normalized spacial score (nSPS) is 11.9. The maximum atomic E-state index is 12.2. The van der Waals surface area contributed by atoms with E-state index in [9.17, 15) is 4.79 Å². The second-order valence-electron chi connectivity index (χ2n) is 6.17. The second kappa shape index (κ2) is 7.97. The number of carbonyl (C=O) groups is 1. The van der Waals surface area contributed by atoms with E-state index in [0.717, 1.165) is 11.3 Å². The summed E-state index contributed by atoms with van der Waals surface area (Å²) in [4.78, 5) is 12.2. The van der Waals surface area contributed by atoms with Gasteiger partial charge in [-0.1, -0.05) is 24.3 Å². The predicted molar refractivity (Wildman–Crippen MR) is 98.6 cm³/mol. The number of amides is 1. The van der Waals surface area contributed by atoms with Crippen LogP contribution < -0.4 is 10.6 Å². The van der Waals surface area contributed by atoms with Gasteiger partial charge in [-0.15, -0.1) is 0 Å². The molecule has 0 radical (unpaired) electrons. The highest BCUT2D eigenvalue weighted by atomic mass is 16.3. The van der Waals surface area contributed by atoms with E-state index in [4.69, 9.17) is 5.11 Å². The van der Waals surface area contributed by atoms with Crippen LogP contribution in [0, 0.1) is 20.8 Å². The molecule has 3 N–H and O–H groups in total. The Morgan fingerprint density at radius 2 is 1.88 bits per heavy atom. The lowest BCUT2D eigenvalue weighted by Gasteiger charge is -2.20. The molecular weight excluding hydrogens is 300 g/mol. The standard InChI is InChI=1S/C20H26N2O2/c1-13-8-9-17(12-14(13)2)16(4)22-19-7-5-6-18(15(19)3)20(24)21-10-11-23/h5-9,12,16,22-23H,10-11H2,1-4H3,(H,21,24). The van der Waals surface area contributed by atoms with Crippen molar-refractivity contribution in [2.45, 2.75) is 33.7 Å². The van der Waals surface area contributed by atoms with E-state index in [1.54, 1.807) is 6.07 Å². The predicted octanol–water partition coefficient (Wildman–Crippen LogP) is 3.51. The van der Waals surface area contributed by atoms with Crippen LogP contribution in [0.25, 0.3) is 0 Å². The van der Waals surface area contributed by atoms with Gasteiger partial charge in [0.2, 0.25) is 0 Å². The van der Waals surface area contributed by atoms with Gasteiger partial charge in [0, 0.05) is 23.8 Å². The highest BCUT2D eigenvalue weighted by Gasteiger charge is 2.13. The first-order valence-electron chi connectivity index (χ1n) is 8.26. The van der Waals surface area contributed by atoms with E-state index < -0.39 is 0 Å². The van der Waals surface area contributed by atoms with Gasteiger partial charge in [0.25, 0.3) is 5.91 Å². The molecular formula is C20H26N2O2. The minimum atomic E-state index is -0.163. The van der Waals surface area contributed by atoms with Gasteiger partial charge in [-0.25, -0.2) is 0 Å². The Bertz CT molecular complexity index is 726. The summed E-state index contributed by atoms with van der Waals surface area (Å²) in [6.07, 6.45) is 0. The molecule has 0 spiro atoms. The third-order valence-electron chi connectivity index (χ3n) is 4.38. The Morgan fingerprint density at radius 3 is 2.54 bits per heavy atom. The van der Waals surface area contributed by atoms with Gasteiger partial charge in [-0.3, -0.25) is 4.79 Å². The van der Waals surface area contributed by atoms with Crippen molar-refractivity contribution in [1.82, 2.24) is 5.32 Å². The molecule has 0 aromatic heterocycles. The number of benzene rings is 2. The fourth-order valence-electron chi connectivity index (χ4n) is 2.65. The third kappa shape index (κ3) is 4.15. The van der Waals surface area contributed by atoms with Gasteiger partial charge in [0.15, 0.2) is 0 Å². The summed E-state index contributed by atoms with van der Waals surface area (Å²) < 4.78 is 0. The lowest BCUT2D eigenvalue weighted by molar-refractivity contribution is 0.0944. The van der Waals surface area contributed by atoms with Crippen molar-refractivity contribution >= 4 is 11.6 Å². The van der Waals surface area contributed by atoms with Gasteiger partial charge in [-0.05, 0) is 62.1 Å². The van der Waals surface area contributed by atoms with Crippen LogP contribution in [0.4, 0.5) is 5.69 Å². The summed E-state index contributed by atoms with van der Waals surface area (Å²) >= 11 is 0. The highest BCUT2D eigenvalue weighted by molar-refractivity contribution is 5.97. The molecule has 0 aliphatic carbocycles. The van der Waals surface area contributed by atoms with Crippen LogP contribution in [0.1, 0.15) is 45.6 Å². The van der Waals surface area contributed by atoms with E-state index in [1.807, 2.05) is 19.1 Å². The van der Waals surface area contributed by atoms with Crippen molar-refractivity contribution in [2.24, 2.45) is 0 Å². The number of anilines is 1. The zero-order valence-electron chi connectivity index (χ0n) is 14.8. The molecule has 0 saturated heterocycles. The number of hydrogen-bond donors (Lipinski definition) is 3. The lowest BCUT2D eigenvalue weighted by atomic mass is 10.0. The van der Waals surface area contributed by atoms with Crippen molar-refractivity contribution < 1.29 is 9.90 Å². The Morgan fingerprint density at radius 1 is 1.12 bits per heavy atom. The molecule has 24 heavy (non-hydrogen) atoms. The summed E-state index contributed by atoms with van der Waals surface area (Å²) in [5, 5.41) is 15.0. The lowest BCUT2D eigenvalue weighted by Crippen LogP contribution is -2.27. The van der Waals surface area contributed by atoms with Crippen LogP contribution in [0.15, 0.2) is 36.4 Å². The van der Waals surface area contributed by atoms with Crippen LogP contribution in [0.3, 0.4) is 0 Å². The average molecular weight is 326 g/mol. The molecule has 2 aromatic rings. The molecule has 4 heteroatoms. The minimum Gasteiger partial charge on any atom is -0.395 e. The zero-order valence-corrected chi connectivity index (χ0v) is 14.8. The number of carbonyl (C=O) groups excluding carboxylic acids is 1. The molecule has 0 saturated carbocycles. The first kappa shape index (κ1) is 18.0. The van der Waals surface area contributed by atoms with Crippen LogP contribution in [-0.4, -0.2) is 24.2 Å². The number of hydrogen-bond acceptors (Lipinski definition) is 3. The molecule has 0 aliphatic rings. The number of aryl methyl sites for hydroxylation is 2. The monoisotopic (exact) mass is 326 g/mol. The van der Waals surface area contributed by atoms with E-state index >= 15 is 0 Å². The van der Waals surface area contributed by atoms with Gasteiger partial charge >= 0.3 is 0 Å². The molecule has 1 unspecified atom stereocenters. The Hall–Kier alpha value is -2.33. The quantitative estimate of drug-likeness (QED) is 0.761. The largest absolute Gasteiger partial charge is 0.395 e. The van der Waals surface area contributed by atoms with Crippen LogP contribution in [-0.2, 0) is 0 Å². The van der Waals surface area contributed by atoms with Gasteiger partial charge in [0.1, 0.15) is 0 Å². The molecule has 2 aromatic carbocycles. The summed E-state index contributed by atoms with van der Waals surface area (Å²) in [5.41, 5.74) is 6.24.